The maximum absolute atomic E-state index is 11.6. The fourth-order valence-electron chi connectivity index (χ4n) is 1.65. The second-order valence-corrected chi connectivity index (χ2v) is 3.88. The summed E-state index contributed by atoms with van der Waals surface area (Å²) in [6.45, 7) is 1.73. The Hall–Kier alpha value is -2.63. The summed E-state index contributed by atoms with van der Waals surface area (Å²) in [5.74, 6) is -0.176. The summed E-state index contributed by atoms with van der Waals surface area (Å²) >= 11 is 0. The van der Waals surface area contributed by atoms with Gasteiger partial charge in [-0.2, -0.15) is 0 Å². The van der Waals surface area contributed by atoms with Crippen LogP contribution in [0.15, 0.2) is 36.5 Å². The molecule has 1 aromatic carbocycles. The van der Waals surface area contributed by atoms with E-state index in [4.69, 9.17) is 9.47 Å². The normalized spacial score (nSPS) is 10.1. The Morgan fingerprint density at radius 3 is 2.85 bits per heavy atom. The summed E-state index contributed by atoms with van der Waals surface area (Å²) in [6, 6.07) is 8.93. The van der Waals surface area contributed by atoms with Gasteiger partial charge in [0.15, 0.2) is 5.75 Å². The number of hydrogen-bond donors (Lipinski definition) is 1. The van der Waals surface area contributed by atoms with Gasteiger partial charge in [-0.3, -0.25) is 9.78 Å². The minimum Gasteiger partial charge on any atom is -0.465 e. The Morgan fingerprint density at radius 1 is 1.25 bits per heavy atom. The molecule has 104 valence electrons. The molecule has 0 bridgehead atoms. The van der Waals surface area contributed by atoms with Crippen LogP contribution in [-0.2, 0) is 9.53 Å². The fraction of sp³-hybridized carbons (Fsp3) is 0.214. The van der Waals surface area contributed by atoms with Crippen LogP contribution in [0.25, 0.3) is 10.9 Å². The lowest BCUT2D eigenvalue weighted by molar-refractivity contribution is -0.141. The van der Waals surface area contributed by atoms with Crippen molar-refractivity contribution in [2.75, 3.05) is 13.2 Å². The van der Waals surface area contributed by atoms with E-state index < -0.39 is 12.1 Å². The SMILES string of the molecule is CCOC(=O)CNC(=O)Oc1cccc2cccnc12. The van der Waals surface area contributed by atoms with Crippen molar-refractivity contribution in [3.8, 4) is 5.75 Å². The van der Waals surface area contributed by atoms with E-state index in [-0.39, 0.29) is 13.2 Å². The predicted octanol–water partition coefficient (Wildman–Crippen LogP) is 1.89. The van der Waals surface area contributed by atoms with Crippen LogP contribution in [0.4, 0.5) is 4.79 Å². The first-order valence-corrected chi connectivity index (χ1v) is 6.15. The second-order valence-electron chi connectivity index (χ2n) is 3.88. The Kier molecular flexibility index (Phi) is 4.49. The molecule has 0 aliphatic carbocycles. The number of benzene rings is 1. The molecule has 0 fully saturated rings. The van der Waals surface area contributed by atoms with Gasteiger partial charge in [-0.25, -0.2) is 4.79 Å². The highest BCUT2D eigenvalue weighted by Crippen LogP contribution is 2.22. The van der Waals surface area contributed by atoms with Gasteiger partial charge in [-0.1, -0.05) is 18.2 Å². The minimum absolute atomic E-state index is 0.231. The van der Waals surface area contributed by atoms with Crippen LogP contribution in [0, 0.1) is 0 Å². The first-order chi connectivity index (χ1) is 9.70. The average molecular weight is 274 g/mol. The fourth-order valence-corrected chi connectivity index (χ4v) is 1.65. The molecule has 1 aromatic heterocycles. The number of hydrogen-bond acceptors (Lipinski definition) is 5. The molecule has 6 heteroatoms. The summed E-state index contributed by atoms with van der Waals surface area (Å²) in [5, 5.41) is 3.18. The van der Waals surface area contributed by atoms with Gasteiger partial charge >= 0.3 is 12.1 Å². The number of ether oxygens (including phenoxy) is 2. The topological polar surface area (TPSA) is 77.5 Å². The number of nitrogens with zero attached hydrogens (tertiary/aromatic N) is 1. The standard InChI is InChI=1S/C14H14N2O4/c1-2-19-12(17)9-16-14(18)20-11-7-3-5-10-6-4-8-15-13(10)11/h3-8H,2,9H2,1H3,(H,16,18). The third kappa shape index (κ3) is 3.44. The number of amides is 1. The molecule has 0 saturated carbocycles. The van der Waals surface area contributed by atoms with Crippen LogP contribution in [-0.4, -0.2) is 30.2 Å². The maximum Gasteiger partial charge on any atom is 0.413 e. The van der Waals surface area contributed by atoms with E-state index in [1.807, 2.05) is 12.1 Å². The van der Waals surface area contributed by atoms with Gasteiger partial charge in [0, 0.05) is 11.6 Å². The molecule has 0 aliphatic heterocycles. The van der Waals surface area contributed by atoms with Crippen molar-refractivity contribution in [2.24, 2.45) is 0 Å². The third-order valence-corrected chi connectivity index (χ3v) is 2.48. The largest absolute Gasteiger partial charge is 0.465 e. The summed E-state index contributed by atoms with van der Waals surface area (Å²) in [7, 11) is 0. The molecule has 1 N–H and O–H groups in total. The highest BCUT2D eigenvalue weighted by atomic mass is 16.6. The molecule has 2 rings (SSSR count). The van der Waals surface area contributed by atoms with Gasteiger partial charge in [0.1, 0.15) is 12.1 Å². The zero-order valence-electron chi connectivity index (χ0n) is 11.0. The molecule has 20 heavy (non-hydrogen) atoms. The van der Waals surface area contributed by atoms with Crippen LogP contribution >= 0.6 is 0 Å². The van der Waals surface area contributed by atoms with Gasteiger partial charge in [0.05, 0.1) is 6.61 Å². The van der Waals surface area contributed by atoms with E-state index in [0.29, 0.717) is 11.3 Å². The molecule has 1 amide bonds. The zero-order chi connectivity index (χ0) is 14.4. The minimum atomic E-state index is -0.726. The molecule has 6 nitrogen and oxygen atoms in total. The average Bonchev–Trinajstić information content (AvgIpc) is 2.46. The van der Waals surface area contributed by atoms with Crippen LogP contribution < -0.4 is 10.1 Å². The van der Waals surface area contributed by atoms with Gasteiger partial charge in [0.2, 0.25) is 0 Å². The number of fused-ring (bicyclic) bond motifs is 1. The van der Waals surface area contributed by atoms with Crippen molar-refractivity contribution in [3.63, 3.8) is 0 Å². The van der Waals surface area contributed by atoms with Crippen molar-refractivity contribution in [3.05, 3.63) is 36.5 Å². The Bertz CT molecular complexity index is 622. The van der Waals surface area contributed by atoms with Crippen LogP contribution in [0.2, 0.25) is 0 Å². The Balaban J connectivity index is 2.01. The Morgan fingerprint density at radius 2 is 2.05 bits per heavy atom. The summed E-state index contributed by atoms with van der Waals surface area (Å²) < 4.78 is 9.83. The second kappa shape index (κ2) is 6.51. The molecule has 0 atom stereocenters. The van der Waals surface area contributed by atoms with E-state index in [9.17, 15) is 9.59 Å². The van der Waals surface area contributed by atoms with E-state index in [1.165, 1.54) is 0 Å². The lowest BCUT2D eigenvalue weighted by Crippen LogP contribution is -2.32. The molecule has 1 heterocycles. The number of nitrogens with one attached hydrogen (secondary N) is 1. The van der Waals surface area contributed by atoms with E-state index in [2.05, 4.69) is 10.3 Å². The summed E-state index contributed by atoms with van der Waals surface area (Å²) in [5.41, 5.74) is 0.585. The van der Waals surface area contributed by atoms with Crippen molar-refractivity contribution in [2.45, 2.75) is 6.92 Å². The highest BCUT2D eigenvalue weighted by molar-refractivity contribution is 5.87. The van der Waals surface area contributed by atoms with E-state index >= 15 is 0 Å². The predicted molar refractivity (Wildman–Crippen MR) is 72.4 cm³/mol. The maximum atomic E-state index is 11.6. The quantitative estimate of drug-likeness (QED) is 0.861. The number of carbonyl (C=O) groups is 2. The van der Waals surface area contributed by atoms with Gasteiger partial charge < -0.3 is 14.8 Å². The summed E-state index contributed by atoms with van der Waals surface area (Å²) in [4.78, 5) is 26.9. The van der Waals surface area contributed by atoms with Crippen molar-refractivity contribution in [1.29, 1.82) is 0 Å². The number of para-hydroxylation sites is 1. The molecule has 0 aliphatic rings. The highest BCUT2D eigenvalue weighted by Gasteiger charge is 2.10. The first kappa shape index (κ1) is 13.8. The number of esters is 1. The zero-order valence-corrected chi connectivity index (χ0v) is 11.0. The van der Waals surface area contributed by atoms with Crippen molar-refractivity contribution < 1.29 is 19.1 Å². The molecular weight excluding hydrogens is 260 g/mol. The van der Waals surface area contributed by atoms with Gasteiger partial charge in [-0.15, -0.1) is 0 Å². The lowest BCUT2D eigenvalue weighted by atomic mass is 10.2. The van der Waals surface area contributed by atoms with Crippen LogP contribution in [0.1, 0.15) is 6.92 Å². The lowest BCUT2D eigenvalue weighted by Gasteiger charge is -2.08. The molecule has 0 unspecified atom stereocenters. The first-order valence-electron chi connectivity index (χ1n) is 6.15. The molecular formula is C14H14N2O4. The molecule has 0 spiro atoms. The number of pyridine rings is 1. The van der Waals surface area contributed by atoms with Crippen LogP contribution in [0.5, 0.6) is 5.75 Å². The van der Waals surface area contributed by atoms with Crippen LogP contribution in [0.3, 0.4) is 0 Å². The van der Waals surface area contributed by atoms with Crippen molar-refractivity contribution >= 4 is 23.0 Å². The van der Waals surface area contributed by atoms with Gasteiger partial charge in [0.25, 0.3) is 0 Å². The van der Waals surface area contributed by atoms with Gasteiger partial charge in [-0.05, 0) is 19.1 Å². The third-order valence-electron chi connectivity index (χ3n) is 2.48. The smallest absolute Gasteiger partial charge is 0.413 e. The molecule has 0 radical (unpaired) electrons. The molecule has 0 saturated heterocycles. The monoisotopic (exact) mass is 274 g/mol. The van der Waals surface area contributed by atoms with E-state index in [1.54, 1.807) is 31.3 Å². The van der Waals surface area contributed by atoms with E-state index in [0.717, 1.165) is 5.39 Å². The summed E-state index contributed by atoms with van der Waals surface area (Å²) in [6.07, 6.45) is 0.891. The number of carbonyl (C=O) groups excluding carboxylic acids is 2. The molecule has 2 aromatic rings. The Labute approximate surface area is 115 Å². The van der Waals surface area contributed by atoms with Crippen molar-refractivity contribution in [1.82, 2.24) is 10.3 Å². The number of aromatic nitrogens is 1. The number of rotatable bonds is 4.